The first-order valence-corrected chi connectivity index (χ1v) is 5.91. The van der Waals surface area contributed by atoms with Gasteiger partial charge in [0.05, 0.1) is 23.4 Å². The van der Waals surface area contributed by atoms with E-state index in [1.54, 1.807) is 12.1 Å². The van der Waals surface area contributed by atoms with Crippen molar-refractivity contribution in [1.82, 2.24) is 0 Å². The molecule has 0 saturated heterocycles. The normalized spacial score (nSPS) is 16.6. The molecular formula is C13H15NO4. The molecule has 0 aromatic heterocycles. The first-order chi connectivity index (χ1) is 8.66. The van der Waals surface area contributed by atoms with Gasteiger partial charge in [-0.05, 0) is 36.6 Å². The van der Waals surface area contributed by atoms with Crippen molar-refractivity contribution in [2.24, 2.45) is 0 Å². The van der Waals surface area contributed by atoms with Crippen LogP contribution in [0.1, 0.15) is 30.9 Å². The fourth-order valence-corrected chi connectivity index (χ4v) is 1.88. The molecule has 1 aliphatic heterocycles. The highest BCUT2D eigenvalue weighted by Gasteiger charge is 2.14. The molecule has 0 amide bonds. The number of nitro groups is 1. The molecule has 1 aliphatic rings. The molecule has 1 N–H and O–H groups in total. The third-order valence-electron chi connectivity index (χ3n) is 2.89. The molecule has 0 bridgehead atoms. The van der Waals surface area contributed by atoms with Crippen LogP contribution >= 0.6 is 0 Å². The zero-order valence-electron chi connectivity index (χ0n) is 9.91. The van der Waals surface area contributed by atoms with Crippen LogP contribution in [0, 0.1) is 10.1 Å². The second-order valence-electron chi connectivity index (χ2n) is 4.23. The molecular weight excluding hydrogens is 234 g/mol. The molecule has 1 atom stereocenters. The van der Waals surface area contributed by atoms with Crippen molar-refractivity contribution >= 4 is 5.69 Å². The third-order valence-corrected chi connectivity index (χ3v) is 2.89. The Balaban J connectivity index is 2.02. The SMILES string of the molecule is O=[N+]([O-])c1ccc(C(O)CC2=CCCCO2)cc1. The van der Waals surface area contributed by atoms with Crippen LogP contribution < -0.4 is 0 Å². The van der Waals surface area contributed by atoms with Gasteiger partial charge in [0.1, 0.15) is 0 Å². The van der Waals surface area contributed by atoms with Gasteiger partial charge in [0.2, 0.25) is 0 Å². The Hall–Kier alpha value is -1.88. The summed E-state index contributed by atoms with van der Waals surface area (Å²) in [6, 6.07) is 5.95. The Morgan fingerprint density at radius 3 is 2.67 bits per heavy atom. The summed E-state index contributed by atoms with van der Waals surface area (Å²) in [5, 5.41) is 20.5. The Kier molecular flexibility index (Phi) is 3.94. The van der Waals surface area contributed by atoms with E-state index < -0.39 is 11.0 Å². The number of rotatable bonds is 4. The average Bonchev–Trinajstić information content (AvgIpc) is 2.40. The summed E-state index contributed by atoms with van der Waals surface area (Å²) in [5.74, 6) is 0.798. The molecule has 5 heteroatoms. The zero-order chi connectivity index (χ0) is 13.0. The van der Waals surface area contributed by atoms with E-state index in [0.29, 0.717) is 18.6 Å². The van der Waals surface area contributed by atoms with Crippen LogP contribution in [0.3, 0.4) is 0 Å². The van der Waals surface area contributed by atoms with Gasteiger partial charge >= 0.3 is 0 Å². The predicted octanol–water partition coefficient (Wildman–Crippen LogP) is 2.71. The Bertz CT molecular complexity index is 453. The van der Waals surface area contributed by atoms with Crippen LogP contribution in [0.5, 0.6) is 0 Å². The molecule has 2 rings (SSSR count). The van der Waals surface area contributed by atoms with Gasteiger partial charge in [-0.15, -0.1) is 0 Å². The molecule has 1 heterocycles. The average molecular weight is 249 g/mol. The number of aliphatic hydroxyl groups is 1. The van der Waals surface area contributed by atoms with Crippen molar-refractivity contribution in [2.45, 2.75) is 25.4 Å². The third kappa shape index (κ3) is 3.07. The van der Waals surface area contributed by atoms with E-state index in [2.05, 4.69) is 0 Å². The van der Waals surface area contributed by atoms with E-state index in [4.69, 9.17) is 4.74 Å². The summed E-state index contributed by atoms with van der Waals surface area (Å²) in [6.45, 7) is 0.693. The summed E-state index contributed by atoms with van der Waals surface area (Å²) < 4.78 is 5.42. The van der Waals surface area contributed by atoms with Crippen LogP contribution in [0.2, 0.25) is 0 Å². The number of allylic oxidation sites excluding steroid dienone is 1. The largest absolute Gasteiger partial charge is 0.498 e. The van der Waals surface area contributed by atoms with Gasteiger partial charge in [-0.25, -0.2) is 0 Å². The Morgan fingerprint density at radius 2 is 2.11 bits per heavy atom. The van der Waals surface area contributed by atoms with E-state index in [9.17, 15) is 15.2 Å². The van der Waals surface area contributed by atoms with Crippen LogP contribution in [-0.2, 0) is 4.74 Å². The number of hydrogen-bond donors (Lipinski definition) is 1. The summed E-state index contributed by atoms with van der Waals surface area (Å²) in [6.07, 6.45) is 3.70. The maximum atomic E-state index is 10.5. The van der Waals surface area contributed by atoms with Crippen molar-refractivity contribution in [2.75, 3.05) is 6.61 Å². The minimum atomic E-state index is -0.685. The van der Waals surface area contributed by atoms with Crippen molar-refractivity contribution in [1.29, 1.82) is 0 Å². The highest BCUT2D eigenvalue weighted by Crippen LogP contribution is 2.25. The molecule has 0 fully saturated rings. The second-order valence-corrected chi connectivity index (χ2v) is 4.23. The molecule has 1 aromatic rings. The summed E-state index contributed by atoms with van der Waals surface area (Å²) >= 11 is 0. The van der Waals surface area contributed by atoms with Gasteiger partial charge in [-0.1, -0.05) is 0 Å². The number of nitro benzene ring substituents is 1. The maximum Gasteiger partial charge on any atom is 0.269 e. The van der Waals surface area contributed by atoms with Crippen molar-refractivity contribution in [3.05, 3.63) is 51.8 Å². The molecule has 0 aliphatic carbocycles. The van der Waals surface area contributed by atoms with Crippen molar-refractivity contribution in [3.8, 4) is 0 Å². The molecule has 5 nitrogen and oxygen atoms in total. The minimum absolute atomic E-state index is 0.0269. The monoisotopic (exact) mass is 249 g/mol. The molecule has 1 unspecified atom stereocenters. The zero-order valence-corrected chi connectivity index (χ0v) is 9.91. The lowest BCUT2D eigenvalue weighted by atomic mass is 10.0. The predicted molar refractivity (Wildman–Crippen MR) is 65.9 cm³/mol. The lowest BCUT2D eigenvalue weighted by Gasteiger charge is -2.18. The van der Waals surface area contributed by atoms with Gasteiger partial charge in [-0.2, -0.15) is 0 Å². The number of benzene rings is 1. The number of ether oxygens (including phenoxy) is 1. The first-order valence-electron chi connectivity index (χ1n) is 5.91. The fourth-order valence-electron chi connectivity index (χ4n) is 1.88. The summed E-state index contributed by atoms with van der Waals surface area (Å²) in [4.78, 5) is 10.1. The Morgan fingerprint density at radius 1 is 1.39 bits per heavy atom. The van der Waals surface area contributed by atoms with Gasteiger partial charge < -0.3 is 9.84 Å². The summed E-state index contributed by atoms with van der Waals surface area (Å²) in [7, 11) is 0. The van der Waals surface area contributed by atoms with E-state index in [0.717, 1.165) is 18.6 Å². The van der Waals surface area contributed by atoms with Gasteiger partial charge in [0.15, 0.2) is 0 Å². The van der Waals surface area contributed by atoms with Crippen LogP contribution in [0.15, 0.2) is 36.1 Å². The smallest absolute Gasteiger partial charge is 0.269 e. The van der Waals surface area contributed by atoms with Crippen molar-refractivity contribution in [3.63, 3.8) is 0 Å². The molecule has 0 saturated carbocycles. The molecule has 96 valence electrons. The van der Waals surface area contributed by atoms with Gasteiger partial charge in [-0.3, -0.25) is 10.1 Å². The van der Waals surface area contributed by atoms with Crippen LogP contribution in [-0.4, -0.2) is 16.6 Å². The van der Waals surface area contributed by atoms with Crippen LogP contribution in [0.4, 0.5) is 5.69 Å². The first kappa shape index (κ1) is 12.6. The van der Waals surface area contributed by atoms with E-state index in [-0.39, 0.29) is 5.69 Å². The van der Waals surface area contributed by atoms with Crippen molar-refractivity contribution < 1.29 is 14.8 Å². The lowest BCUT2D eigenvalue weighted by molar-refractivity contribution is -0.384. The lowest BCUT2D eigenvalue weighted by Crippen LogP contribution is -2.06. The standard InChI is InChI=1S/C13H15NO4/c15-13(9-12-3-1-2-8-18-12)10-4-6-11(7-5-10)14(16)17/h3-7,13,15H,1-2,8-9H2. The van der Waals surface area contributed by atoms with Crippen LogP contribution in [0.25, 0.3) is 0 Å². The molecule has 1 aromatic carbocycles. The molecule has 0 radical (unpaired) electrons. The number of aliphatic hydroxyl groups excluding tert-OH is 1. The summed E-state index contributed by atoms with van der Waals surface area (Å²) in [5.41, 5.74) is 0.690. The van der Waals surface area contributed by atoms with Gasteiger partial charge in [0, 0.05) is 18.6 Å². The molecule has 0 spiro atoms. The number of non-ortho nitro benzene ring substituents is 1. The van der Waals surface area contributed by atoms with E-state index in [1.165, 1.54) is 12.1 Å². The highest BCUT2D eigenvalue weighted by molar-refractivity contribution is 5.34. The molecule has 18 heavy (non-hydrogen) atoms. The second kappa shape index (κ2) is 5.64. The minimum Gasteiger partial charge on any atom is -0.498 e. The number of nitrogens with zero attached hydrogens (tertiary/aromatic N) is 1. The fraction of sp³-hybridized carbons (Fsp3) is 0.385. The number of hydrogen-bond acceptors (Lipinski definition) is 4. The topological polar surface area (TPSA) is 72.6 Å². The van der Waals surface area contributed by atoms with E-state index >= 15 is 0 Å². The highest BCUT2D eigenvalue weighted by atomic mass is 16.6. The maximum absolute atomic E-state index is 10.5. The van der Waals surface area contributed by atoms with E-state index in [1.807, 2.05) is 6.08 Å². The quantitative estimate of drug-likeness (QED) is 0.657. The Labute approximate surface area is 105 Å². The van der Waals surface area contributed by atoms with Gasteiger partial charge in [0.25, 0.3) is 5.69 Å².